The zero-order valence-corrected chi connectivity index (χ0v) is 15.3. The predicted molar refractivity (Wildman–Crippen MR) is 103 cm³/mol. The zero-order valence-electron chi connectivity index (χ0n) is 14.5. The fourth-order valence-corrected chi connectivity index (χ4v) is 5.81. The number of rotatable bonds is 3. The lowest BCUT2D eigenvalue weighted by Crippen LogP contribution is -2.52. The van der Waals surface area contributed by atoms with Gasteiger partial charge in [-0.25, -0.2) is 4.79 Å². The first-order valence-corrected chi connectivity index (χ1v) is 9.78. The molecule has 3 nitrogen and oxygen atoms in total. The summed E-state index contributed by atoms with van der Waals surface area (Å²) in [5.41, 5.74) is 3.08. The molecule has 2 aromatic carbocycles. The Balaban J connectivity index is 1.44. The highest BCUT2D eigenvalue weighted by molar-refractivity contribution is 6.30. The smallest absolute Gasteiger partial charge is 0.329 e. The van der Waals surface area contributed by atoms with Crippen LogP contribution in [0.3, 0.4) is 0 Å². The second-order valence-electron chi connectivity index (χ2n) is 8.21. The molecule has 26 heavy (non-hydrogen) atoms. The van der Waals surface area contributed by atoms with Crippen LogP contribution in [-0.2, 0) is 10.2 Å². The van der Waals surface area contributed by atoms with E-state index in [1.165, 1.54) is 17.5 Å². The number of carboxylic acid groups (broad SMARTS) is 1. The topological polar surface area (TPSA) is 49.3 Å². The number of hydrogen-bond acceptors (Lipinski definition) is 2. The first kappa shape index (κ1) is 16.2. The van der Waals surface area contributed by atoms with Crippen LogP contribution in [0.25, 0.3) is 0 Å². The van der Waals surface area contributed by atoms with Gasteiger partial charge in [0.25, 0.3) is 0 Å². The van der Waals surface area contributed by atoms with Crippen molar-refractivity contribution >= 4 is 23.3 Å². The molecule has 4 heteroatoms. The summed E-state index contributed by atoms with van der Waals surface area (Å²) >= 11 is 6.08. The average molecular weight is 368 g/mol. The predicted octanol–water partition coefficient (Wildman–Crippen LogP) is 5.20. The quantitative estimate of drug-likeness (QED) is 0.783. The third kappa shape index (κ3) is 2.23. The van der Waals surface area contributed by atoms with Gasteiger partial charge in [0.05, 0.1) is 0 Å². The lowest BCUT2D eigenvalue weighted by Gasteiger charge is -2.45. The maximum absolute atomic E-state index is 12.2. The van der Waals surface area contributed by atoms with E-state index in [4.69, 9.17) is 11.6 Å². The zero-order chi connectivity index (χ0) is 17.9. The molecule has 2 N–H and O–H groups in total. The summed E-state index contributed by atoms with van der Waals surface area (Å²) in [6.45, 7) is 0. The van der Waals surface area contributed by atoms with Crippen molar-refractivity contribution in [2.24, 2.45) is 5.92 Å². The molecule has 0 bridgehead atoms. The molecule has 0 heterocycles. The number of benzene rings is 2. The molecule has 3 aliphatic rings. The van der Waals surface area contributed by atoms with Crippen molar-refractivity contribution in [1.82, 2.24) is 0 Å². The normalized spacial score (nSPS) is 34.2. The summed E-state index contributed by atoms with van der Waals surface area (Å²) in [5, 5.41) is 14.0. The molecule has 2 saturated carbocycles. The lowest BCUT2D eigenvalue weighted by atomic mass is 9.63. The minimum absolute atomic E-state index is 0.191. The molecule has 0 aromatic heterocycles. The number of carboxylic acids is 1. The maximum atomic E-state index is 12.2. The number of carbonyl (C=O) groups is 1. The molecule has 0 unspecified atom stereocenters. The molecule has 5 rings (SSSR count). The fraction of sp³-hybridized carbons (Fsp3) is 0.409. The summed E-state index contributed by atoms with van der Waals surface area (Å²) in [6, 6.07) is 16.2. The summed E-state index contributed by atoms with van der Waals surface area (Å²) in [6.07, 6.45) is 4.44. The van der Waals surface area contributed by atoms with Crippen LogP contribution < -0.4 is 5.32 Å². The van der Waals surface area contributed by atoms with Crippen LogP contribution in [0.2, 0.25) is 5.02 Å². The standard InChI is InChI=1S/C22H22ClNO2/c23-14-4-3-5-15(12-14)24-22(20(25)26)10-8-21(9-11-22)18-7-2-1-6-16(18)17-13-19(17)21/h1-7,12,17,19,24H,8-11,13H2,(H,25,26)/t17-,19-,21?,22?/m0/s1. The molecule has 134 valence electrons. The Bertz CT molecular complexity index is 885. The third-order valence-corrected chi connectivity index (χ3v) is 7.25. The van der Waals surface area contributed by atoms with Gasteiger partial charge in [-0.2, -0.15) is 0 Å². The minimum atomic E-state index is -0.905. The van der Waals surface area contributed by atoms with Crippen molar-refractivity contribution < 1.29 is 9.90 Å². The Hall–Kier alpha value is -2.00. The van der Waals surface area contributed by atoms with Gasteiger partial charge in [-0.3, -0.25) is 0 Å². The van der Waals surface area contributed by atoms with E-state index in [1.54, 1.807) is 12.1 Å². The van der Waals surface area contributed by atoms with Crippen molar-refractivity contribution in [1.29, 1.82) is 0 Å². The highest BCUT2D eigenvalue weighted by Gasteiger charge is 2.63. The van der Waals surface area contributed by atoms with Crippen LogP contribution in [0.5, 0.6) is 0 Å². The van der Waals surface area contributed by atoms with Gasteiger partial charge in [0.1, 0.15) is 5.54 Å². The van der Waals surface area contributed by atoms with Crippen molar-refractivity contribution in [2.45, 2.75) is 49.0 Å². The number of halogens is 1. The number of anilines is 1. The first-order chi connectivity index (χ1) is 12.5. The molecule has 2 fully saturated rings. The Morgan fingerprint density at radius 1 is 1.08 bits per heavy atom. The first-order valence-electron chi connectivity index (χ1n) is 9.41. The van der Waals surface area contributed by atoms with Gasteiger partial charge >= 0.3 is 5.97 Å². The molecule has 0 saturated heterocycles. The molecule has 0 radical (unpaired) electrons. The Morgan fingerprint density at radius 2 is 1.85 bits per heavy atom. The van der Waals surface area contributed by atoms with Gasteiger partial charge in [0, 0.05) is 10.7 Å². The molecule has 0 amide bonds. The van der Waals surface area contributed by atoms with E-state index in [2.05, 4.69) is 29.6 Å². The molecule has 2 aromatic rings. The van der Waals surface area contributed by atoms with Crippen LogP contribution >= 0.6 is 11.6 Å². The lowest BCUT2D eigenvalue weighted by molar-refractivity contribution is -0.144. The Morgan fingerprint density at radius 3 is 2.58 bits per heavy atom. The SMILES string of the molecule is O=C(O)C1(Nc2cccc(Cl)c2)CCC2(CC1)c1ccccc1[C@@H]1C[C@@H]12. The second kappa shape index (κ2) is 5.50. The van der Waals surface area contributed by atoms with Crippen molar-refractivity contribution in [3.8, 4) is 0 Å². The van der Waals surface area contributed by atoms with E-state index in [9.17, 15) is 9.90 Å². The largest absolute Gasteiger partial charge is 0.480 e. The molecular formula is C22H22ClNO2. The number of hydrogen-bond donors (Lipinski definition) is 2. The minimum Gasteiger partial charge on any atom is -0.480 e. The van der Waals surface area contributed by atoms with E-state index in [1.807, 2.05) is 12.1 Å². The van der Waals surface area contributed by atoms with Crippen LogP contribution in [0, 0.1) is 5.92 Å². The van der Waals surface area contributed by atoms with Gasteiger partial charge in [0.15, 0.2) is 0 Å². The van der Waals surface area contributed by atoms with Gasteiger partial charge in [-0.1, -0.05) is 41.9 Å². The molecule has 0 aliphatic heterocycles. The second-order valence-corrected chi connectivity index (χ2v) is 8.65. The van der Waals surface area contributed by atoms with Crippen molar-refractivity contribution in [3.05, 3.63) is 64.7 Å². The Kier molecular flexibility index (Phi) is 3.42. The number of fused-ring (bicyclic) bond motifs is 5. The number of nitrogens with one attached hydrogen (secondary N) is 1. The van der Waals surface area contributed by atoms with E-state index in [0.717, 1.165) is 24.4 Å². The third-order valence-electron chi connectivity index (χ3n) is 7.01. The van der Waals surface area contributed by atoms with Crippen LogP contribution in [0.15, 0.2) is 48.5 Å². The van der Waals surface area contributed by atoms with Gasteiger partial charge < -0.3 is 10.4 Å². The molecule has 2 atom stereocenters. The van der Waals surface area contributed by atoms with Gasteiger partial charge in [0.2, 0.25) is 0 Å². The number of aliphatic carboxylic acids is 1. The summed E-state index contributed by atoms with van der Waals surface area (Å²) in [4.78, 5) is 12.2. The molecule has 3 aliphatic carbocycles. The highest BCUT2D eigenvalue weighted by atomic mass is 35.5. The van der Waals surface area contributed by atoms with Crippen molar-refractivity contribution in [3.63, 3.8) is 0 Å². The summed E-state index contributed by atoms with van der Waals surface area (Å²) < 4.78 is 0. The molecule has 1 spiro atoms. The maximum Gasteiger partial charge on any atom is 0.329 e. The van der Waals surface area contributed by atoms with E-state index >= 15 is 0 Å². The van der Waals surface area contributed by atoms with Crippen molar-refractivity contribution in [2.75, 3.05) is 5.32 Å². The average Bonchev–Trinajstić information content (AvgIpc) is 3.39. The van der Waals surface area contributed by atoms with Crippen LogP contribution in [-0.4, -0.2) is 16.6 Å². The molecular weight excluding hydrogens is 346 g/mol. The van der Waals surface area contributed by atoms with E-state index in [-0.39, 0.29) is 5.41 Å². The highest BCUT2D eigenvalue weighted by Crippen LogP contribution is 2.69. The van der Waals surface area contributed by atoms with E-state index < -0.39 is 11.5 Å². The Labute approximate surface area is 158 Å². The fourth-order valence-electron chi connectivity index (χ4n) is 5.62. The van der Waals surface area contributed by atoms with E-state index in [0.29, 0.717) is 23.8 Å². The van der Waals surface area contributed by atoms with Crippen LogP contribution in [0.4, 0.5) is 5.69 Å². The summed E-state index contributed by atoms with van der Waals surface area (Å²) in [7, 11) is 0. The van der Waals surface area contributed by atoms with Gasteiger partial charge in [-0.15, -0.1) is 0 Å². The van der Waals surface area contributed by atoms with Crippen LogP contribution in [0.1, 0.15) is 49.1 Å². The summed E-state index contributed by atoms with van der Waals surface area (Å²) in [5.74, 6) is 0.674. The van der Waals surface area contributed by atoms with Gasteiger partial charge in [-0.05, 0) is 78.7 Å². The monoisotopic (exact) mass is 367 g/mol.